The summed E-state index contributed by atoms with van der Waals surface area (Å²) in [6.45, 7) is 7.88. The molecule has 1 aliphatic rings. The highest BCUT2D eigenvalue weighted by Gasteiger charge is 2.21. The molecule has 272 valence electrons. The molecule has 1 unspecified atom stereocenters. The molecule has 14 nitrogen and oxygen atoms in total. The number of aliphatic carboxylic acids is 1. The molecule has 0 saturated carbocycles. The van der Waals surface area contributed by atoms with E-state index in [2.05, 4.69) is 44.9 Å². The van der Waals surface area contributed by atoms with Crippen LogP contribution in [0.3, 0.4) is 0 Å². The van der Waals surface area contributed by atoms with E-state index in [0.717, 1.165) is 36.4 Å². The molecule has 0 spiro atoms. The molecular formula is C37H47N7O7. The largest absolute Gasteiger partial charge is 0.493 e. The first kappa shape index (κ1) is 39.8. The van der Waals surface area contributed by atoms with E-state index in [1.807, 2.05) is 49.5 Å². The van der Waals surface area contributed by atoms with E-state index in [1.54, 1.807) is 18.2 Å². The van der Waals surface area contributed by atoms with Gasteiger partial charge >= 0.3 is 5.97 Å². The Morgan fingerprint density at radius 1 is 1.08 bits per heavy atom. The minimum Gasteiger partial charge on any atom is -0.493 e. The van der Waals surface area contributed by atoms with Crippen molar-refractivity contribution in [1.29, 1.82) is 5.26 Å². The number of nitrogens with one attached hydrogen (secondary N) is 3. The molecule has 3 aromatic carbocycles. The monoisotopic (exact) mass is 701 g/mol. The summed E-state index contributed by atoms with van der Waals surface area (Å²) in [5, 5.41) is 26.5. The van der Waals surface area contributed by atoms with Crippen molar-refractivity contribution in [2.45, 2.75) is 32.7 Å². The van der Waals surface area contributed by atoms with Crippen LogP contribution in [0.5, 0.6) is 11.5 Å². The number of aliphatic imine (C=N–C) groups is 1. The lowest BCUT2D eigenvalue weighted by molar-refractivity contribution is -0.138. The number of methoxy groups -OCH3 is 2. The maximum atomic E-state index is 12.5. The molecule has 1 saturated heterocycles. The first-order chi connectivity index (χ1) is 24.7. The normalized spacial score (nSPS) is 13.4. The highest BCUT2D eigenvalue weighted by Crippen LogP contribution is 2.31. The van der Waals surface area contributed by atoms with E-state index >= 15 is 0 Å². The summed E-state index contributed by atoms with van der Waals surface area (Å²) in [6.07, 6.45) is 3.23. The minimum atomic E-state index is -1.06. The lowest BCUT2D eigenvalue weighted by Gasteiger charge is -2.28. The Morgan fingerprint density at radius 3 is 2.39 bits per heavy atom. The molecule has 3 aromatic rings. The number of nitriles is 1. The van der Waals surface area contributed by atoms with Gasteiger partial charge in [0, 0.05) is 31.9 Å². The highest BCUT2D eigenvalue weighted by molar-refractivity contribution is 5.96. The Balaban J connectivity index is 0.000000293. The Morgan fingerprint density at radius 2 is 1.78 bits per heavy atom. The SMILES string of the molecule is CCc1ccc(NC(=Nc2ccccc2C)NC#N)cc1.COc1ccc(C(CC(=O)O)NC(=O)CN(C=O)CCN2CCOCC2)cc1OC. The fraction of sp³-hybridized carbons (Fsp3) is 0.378. The fourth-order valence-corrected chi connectivity index (χ4v) is 5.09. The van der Waals surface area contributed by atoms with Gasteiger partial charge in [-0.15, -0.1) is 0 Å². The summed E-state index contributed by atoms with van der Waals surface area (Å²) in [7, 11) is 2.97. The first-order valence-electron chi connectivity index (χ1n) is 16.6. The molecule has 1 atom stereocenters. The van der Waals surface area contributed by atoms with Gasteiger partial charge in [-0.3, -0.25) is 24.6 Å². The second-order valence-corrected chi connectivity index (χ2v) is 11.5. The van der Waals surface area contributed by atoms with Crippen LogP contribution in [0.2, 0.25) is 0 Å². The molecule has 51 heavy (non-hydrogen) atoms. The van der Waals surface area contributed by atoms with Gasteiger partial charge in [-0.2, -0.15) is 5.26 Å². The summed E-state index contributed by atoms with van der Waals surface area (Å²) in [5.41, 5.74) is 4.61. The molecule has 0 radical (unpaired) electrons. The summed E-state index contributed by atoms with van der Waals surface area (Å²) >= 11 is 0. The van der Waals surface area contributed by atoms with E-state index in [4.69, 9.17) is 19.5 Å². The molecule has 0 aliphatic carbocycles. The number of benzene rings is 3. The number of carboxylic acid groups (broad SMARTS) is 1. The molecule has 2 amide bonds. The molecule has 0 aromatic heterocycles. The van der Waals surface area contributed by atoms with Gasteiger partial charge in [0.2, 0.25) is 18.3 Å². The predicted molar refractivity (Wildman–Crippen MR) is 194 cm³/mol. The van der Waals surface area contributed by atoms with Crippen LogP contribution >= 0.6 is 0 Å². The van der Waals surface area contributed by atoms with Crippen LogP contribution in [-0.2, 0) is 25.5 Å². The third-order valence-corrected chi connectivity index (χ3v) is 7.97. The van der Waals surface area contributed by atoms with Crippen LogP contribution in [0.4, 0.5) is 11.4 Å². The zero-order valence-corrected chi connectivity index (χ0v) is 29.6. The van der Waals surface area contributed by atoms with E-state index in [1.165, 1.54) is 24.7 Å². The Hall–Kier alpha value is -5.65. The zero-order chi connectivity index (χ0) is 37.0. The number of carbonyl (C=O) groups is 3. The summed E-state index contributed by atoms with van der Waals surface area (Å²) in [4.78, 5) is 43.2. The summed E-state index contributed by atoms with van der Waals surface area (Å²) < 4.78 is 15.7. The number of guanidine groups is 1. The van der Waals surface area contributed by atoms with Gasteiger partial charge in [0.15, 0.2) is 17.7 Å². The predicted octanol–water partition coefficient (Wildman–Crippen LogP) is 3.85. The van der Waals surface area contributed by atoms with Gasteiger partial charge in [0.25, 0.3) is 0 Å². The number of amides is 2. The van der Waals surface area contributed by atoms with Gasteiger partial charge in [-0.25, -0.2) is 4.99 Å². The number of morpholine rings is 1. The third kappa shape index (κ3) is 13.6. The molecule has 4 N–H and O–H groups in total. The van der Waals surface area contributed by atoms with Crippen LogP contribution in [0.15, 0.2) is 71.7 Å². The summed E-state index contributed by atoms with van der Waals surface area (Å²) in [6, 6.07) is 20.0. The molecule has 4 rings (SSSR count). The summed E-state index contributed by atoms with van der Waals surface area (Å²) in [5.74, 6) is -0.160. The molecule has 1 fully saturated rings. The molecule has 14 heteroatoms. The number of rotatable bonds is 15. The number of para-hydroxylation sites is 1. The highest BCUT2D eigenvalue weighted by atomic mass is 16.5. The number of aryl methyl sites for hydroxylation is 2. The average molecular weight is 702 g/mol. The van der Waals surface area contributed by atoms with Crippen LogP contribution in [0, 0.1) is 18.4 Å². The smallest absolute Gasteiger partial charge is 0.305 e. The number of nitrogens with zero attached hydrogens (tertiary/aromatic N) is 4. The van der Waals surface area contributed by atoms with Crippen molar-refractivity contribution in [3.8, 4) is 17.7 Å². The van der Waals surface area contributed by atoms with Gasteiger partial charge in [-0.05, 0) is 60.4 Å². The van der Waals surface area contributed by atoms with Crippen LogP contribution in [0.1, 0.15) is 36.1 Å². The first-order valence-corrected chi connectivity index (χ1v) is 16.6. The number of carboxylic acids is 1. The topological polar surface area (TPSA) is 178 Å². The van der Waals surface area contributed by atoms with Crippen molar-refractivity contribution >= 4 is 35.6 Å². The lowest BCUT2D eigenvalue weighted by atomic mass is 10.0. The third-order valence-electron chi connectivity index (χ3n) is 7.97. The number of hydrogen-bond acceptors (Lipinski definition) is 9. The quantitative estimate of drug-likeness (QED) is 0.0595. The molecule has 0 bridgehead atoms. The van der Waals surface area contributed by atoms with Crippen molar-refractivity contribution in [2.24, 2.45) is 4.99 Å². The maximum Gasteiger partial charge on any atom is 0.305 e. The van der Waals surface area contributed by atoms with Crippen LogP contribution in [0.25, 0.3) is 0 Å². The van der Waals surface area contributed by atoms with E-state index in [-0.39, 0.29) is 13.0 Å². The van der Waals surface area contributed by atoms with E-state index < -0.39 is 17.9 Å². The van der Waals surface area contributed by atoms with Gasteiger partial charge in [-0.1, -0.05) is 43.3 Å². The molecular weight excluding hydrogens is 654 g/mol. The van der Waals surface area contributed by atoms with Crippen molar-refractivity contribution in [1.82, 2.24) is 20.4 Å². The van der Waals surface area contributed by atoms with Crippen molar-refractivity contribution < 1.29 is 33.7 Å². The fourth-order valence-electron chi connectivity index (χ4n) is 5.09. The number of anilines is 1. The second-order valence-electron chi connectivity index (χ2n) is 11.5. The number of carbonyl (C=O) groups excluding carboxylic acids is 2. The molecule has 1 heterocycles. The molecule has 1 aliphatic heterocycles. The van der Waals surface area contributed by atoms with Gasteiger partial charge < -0.3 is 34.9 Å². The Labute approximate surface area is 299 Å². The maximum absolute atomic E-state index is 12.5. The van der Waals surface area contributed by atoms with Gasteiger partial charge in [0.05, 0.1) is 52.1 Å². The standard InChI is InChI=1S/C20H29N3O7.C17H18N4/c1-28-17-4-3-15(11-18(17)29-2)16(12-20(26)27)21-19(25)13-23(14-24)6-5-22-7-9-30-10-8-22;1-3-14-8-10-15(11-9-14)20-17(19-12-18)21-16-7-5-4-6-13(16)2/h3-4,11,14,16H,5-10,12-13H2,1-2H3,(H,21,25)(H,26,27);4-11H,3H2,1-2H3,(H2,19,20,21). The van der Waals surface area contributed by atoms with Crippen molar-refractivity contribution in [2.75, 3.05) is 65.5 Å². The van der Waals surface area contributed by atoms with Crippen molar-refractivity contribution in [3.05, 3.63) is 83.4 Å². The van der Waals surface area contributed by atoms with Crippen molar-refractivity contribution in [3.63, 3.8) is 0 Å². The Bertz CT molecular complexity index is 1640. The lowest BCUT2D eigenvalue weighted by Crippen LogP contribution is -2.44. The number of ether oxygens (including phenoxy) is 3. The van der Waals surface area contributed by atoms with Gasteiger partial charge in [0.1, 0.15) is 0 Å². The van der Waals surface area contributed by atoms with Crippen LogP contribution < -0.4 is 25.4 Å². The zero-order valence-electron chi connectivity index (χ0n) is 29.6. The average Bonchev–Trinajstić information content (AvgIpc) is 3.14. The second kappa shape index (κ2) is 21.4. The number of hydrogen-bond donors (Lipinski definition) is 4. The van der Waals surface area contributed by atoms with Crippen LogP contribution in [-0.4, -0.2) is 99.3 Å². The van der Waals surface area contributed by atoms with E-state index in [0.29, 0.717) is 55.7 Å². The Kier molecular flexibility index (Phi) is 16.7. The van der Waals surface area contributed by atoms with E-state index in [9.17, 15) is 19.5 Å². The minimum absolute atomic E-state index is 0.156.